The third-order valence-electron chi connectivity index (χ3n) is 3.21. The van der Waals surface area contributed by atoms with Crippen LogP contribution in [0.1, 0.15) is 23.7 Å². The molecule has 0 amide bonds. The number of aromatic nitrogens is 1. The monoisotopic (exact) mass is 256 g/mol. The van der Waals surface area contributed by atoms with Crippen LogP contribution < -0.4 is 5.32 Å². The maximum atomic E-state index is 4.33. The highest BCUT2D eigenvalue weighted by Gasteiger charge is 2.19. The number of nitrogens with zero attached hydrogens (tertiary/aromatic N) is 1. The van der Waals surface area contributed by atoms with Crippen molar-refractivity contribution < 1.29 is 0 Å². The van der Waals surface area contributed by atoms with Gasteiger partial charge in [0.05, 0.1) is 17.9 Å². The summed E-state index contributed by atoms with van der Waals surface area (Å²) in [6.45, 7) is 2.01. The van der Waals surface area contributed by atoms with Gasteiger partial charge in [0.25, 0.3) is 0 Å². The average molecular weight is 256 g/mol. The third-order valence-corrected chi connectivity index (χ3v) is 4.33. The highest BCUT2D eigenvalue weighted by Crippen LogP contribution is 2.37. The fourth-order valence-corrected chi connectivity index (χ4v) is 3.37. The Balaban J connectivity index is 1.84. The number of anilines is 1. The van der Waals surface area contributed by atoms with Crippen LogP contribution in [0.5, 0.6) is 0 Å². The first-order valence-electron chi connectivity index (χ1n) is 6.24. The normalized spacial score (nSPS) is 18.2. The van der Waals surface area contributed by atoms with Gasteiger partial charge in [-0.15, -0.1) is 11.8 Å². The Morgan fingerprint density at radius 1 is 1.22 bits per heavy atom. The first-order chi connectivity index (χ1) is 8.83. The van der Waals surface area contributed by atoms with E-state index < -0.39 is 0 Å². The van der Waals surface area contributed by atoms with Crippen molar-refractivity contribution in [1.82, 2.24) is 4.98 Å². The predicted molar refractivity (Wildman–Crippen MR) is 77.1 cm³/mol. The Labute approximate surface area is 112 Å². The summed E-state index contributed by atoms with van der Waals surface area (Å²) in [7, 11) is 0. The van der Waals surface area contributed by atoms with E-state index in [0.29, 0.717) is 6.04 Å². The zero-order valence-electron chi connectivity index (χ0n) is 10.4. The van der Waals surface area contributed by atoms with Crippen LogP contribution in [0, 0.1) is 6.92 Å². The molecule has 0 fully saturated rings. The van der Waals surface area contributed by atoms with Gasteiger partial charge in [0.15, 0.2) is 0 Å². The third kappa shape index (κ3) is 2.36. The van der Waals surface area contributed by atoms with Crippen molar-refractivity contribution in [2.45, 2.75) is 24.3 Å². The van der Waals surface area contributed by atoms with Gasteiger partial charge in [-0.3, -0.25) is 4.98 Å². The van der Waals surface area contributed by atoms with Gasteiger partial charge in [-0.1, -0.05) is 18.2 Å². The Hall–Kier alpha value is -1.48. The summed E-state index contributed by atoms with van der Waals surface area (Å²) in [5.74, 6) is 1.17. The van der Waals surface area contributed by atoms with Crippen LogP contribution in [0.15, 0.2) is 47.5 Å². The maximum absolute atomic E-state index is 4.33. The van der Waals surface area contributed by atoms with Gasteiger partial charge in [-0.2, -0.15) is 0 Å². The first-order valence-corrected chi connectivity index (χ1v) is 7.22. The molecule has 1 aromatic heterocycles. The molecule has 0 saturated carbocycles. The second-order valence-corrected chi connectivity index (χ2v) is 5.70. The van der Waals surface area contributed by atoms with Crippen molar-refractivity contribution in [3.63, 3.8) is 0 Å². The second-order valence-electron chi connectivity index (χ2n) is 4.56. The summed E-state index contributed by atoms with van der Waals surface area (Å²) in [5.41, 5.74) is 3.57. The number of aryl methyl sites for hydroxylation is 1. The number of rotatable bonds is 2. The Bertz CT molecular complexity index is 536. The lowest BCUT2D eigenvalue weighted by Crippen LogP contribution is -2.16. The Morgan fingerprint density at radius 2 is 2.11 bits per heavy atom. The minimum Gasteiger partial charge on any atom is -0.377 e. The molecular weight excluding hydrogens is 240 g/mol. The zero-order chi connectivity index (χ0) is 12.4. The number of thioether (sulfide) groups is 1. The number of benzene rings is 1. The minimum atomic E-state index is 0.409. The van der Waals surface area contributed by atoms with Crippen LogP contribution in [0.25, 0.3) is 0 Å². The fraction of sp³-hybridized carbons (Fsp3) is 0.267. The van der Waals surface area contributed by atoms with E-state index in [1.165, 1.54) is 16.2 Å². The lowest BCUT2D eigenvalue weighted by molar-refractivity contribution is 0.728. The summed E-state index contributed by atoms with van der Waals surface area (Å²) in [4.78, 5) is 5.74. The van der Waals surface area contributed by atoms with Gasteiger partial charge in [0.2, 0.25) is 0 Å². The molecule has 92 valence electrons. The average Bonchev–Trinajstić information content (AvgIpc) is 2.42. The molecule has 0 spiro atoms. The molecule has 2 nitrogen and oxygen atoms in total. The number of pyridine rings is 1. The molecule has 1 aliphatic heterocycles. The molecule has 0 aliphatic carbocycles. The summed E-state index contributed by atoms with van der Waals surface area (Å²) < 4.78 is 0. The van der Waals surface area contributed by atoms with Crippen LogP contribution in [0.4, 0.5) is 5.69 Å². The van der Waals surface area contributed by atoms with Crippen LogP contribution in [0.2, 0.25) is 0 Å². The molecule has 3 heteroatoms. The minimum absolute atomic E-state index is 0.409. The molecule has 2 aromatic rings. The lowest BCUT2D eigenvalue weighted by atomic mass is 10.0. The number of hydrogen-bond acceptors (Lipinski definition) is 3. The van der Waals surface area contributed by atoms with E-state index in [-0.39, 0.29) is 0 Å². The van der Waals surface area contributed by atoms with Crippen LogP contribution >= 0.6 is 11.8 Å². The van der Waals surface area contributed by atoms with Crippen molar-refractivity contribution in [1.29, 1.82) is 0 Å². The van der Waals surface area contributed by atoms with E-state index in [9.17, 15) is 0 Å². The summed E-state index contributed by atoms with van der Waals surface area (Å²) in [6.07, 6.45) is 3.08. The Morgan fingerprint density at radius 3 is 2.94 bits per heavy atom. The van der Waals surface area contributed by atoms with E-state index in [1.54, 1.807) is 0 Å². The fourth-order valence-electron chi connectivity index (χ4n) is 2.25. The van der Waals surface area contributed by atoms with E-state index in [0.717, 1.165) is 17.8 Å². The van der Waals surface area contributed by atoms with E-state index in [2.05, 4.69) is 40.6 Å². The van der Waals surface area contributed by atoms with E-state index in [1.807, 2.05) is 30.9 Å². The molecule has 2 heterocycles. The molecule has 18 heavy (non-hydrogen) atoms. The number of fused-ring (bicyclic) bond motifs is 1. The zero-order valence-corrected chi connectivity index (χ0v) is 11.2. The smallest absolute Gasteiger partial charge is 0.0533 e. The van der Waals surface area contributed by atoms with Crippen LogP contribution in [-0.2, 0) is 0 Å². The molecule has 1 aromatic carbocycles. The van der Waals surface area contributed by atoms with Crippen LogP contribution in [-0.4, -0.2) is 10.7 Å². The molecule has 0 bridgehead atoms. The van der Waals surface area contributed by atoms with E-state index in [4.69, 9.17) is 0 Å². The van der Waals surface area contributed by atoms with Crippen molar-refractivity contribution in [3.8, 4) is 0 Å². The highest BCUT2D eigenvalue weighted by molar-refractivity contribution is 7.99. The summed E-state index contributed by atoms with van der Waals surface area (Å²) in [6, 6.07) is 13.2. The number of nitrogens with one attached hydrogen (secondary N) is 1. The number of hydrogen-bond donors (Lipinski definition) is 1. The highest BCUT2D eigenvalue weighted by atomic mass is 32.2. The second kappa shape index (κ2) is 5.02. The van der Waals surface area contributed by atoms with Crippen LogP contribution in [0.3, 0.4) is 0 Å². The molecular formula is C15H16N2S. The first kappa shape index (κ1) is 11.6. The van der Waals surface area contributed by atoms with Gasteiger partial charge in [0, 0.05) is 16.3 Å². The van der Waals surface area contributed by atoms with Gasteiger partial charge in [-0.25, -0.2) is 0 Å². The topological polar surface area (TPSA) is 24.9 Å². The molecule has 1 N–H and O–H groups in total. The molecule has 1 aliphatic rings. The van der Waals surface area contributed by atoms with Crippen molar-refractivity contribution in [2.75, 3.05) is 11.1 Å². The molecule has 0 radical (unpaired) electrons. The predicted octanol–water partition coefficient (Wildman–Crippen LogP) is 4.04. The molecule has 3 rings (SSSR count). The summed E-state index contributed by atoms with van der Waals surface area (Å²) >= 11 is 1.95. The van der Waals surface area contributed by atoms with Crippen molar-refractivity contribution in [2.24, 2.45) is 0 Å². The van der Waals surface area contributed by atoms with Gasteiger partial charge in [-0.05, 0) is 37.1 Å². The molecule has 0 saturated heterocycles. The lowest BCUT2D eigenvalue weighted by Gasteiger charge is -2.26. The largest absolute Gasteiger partial charge is 0.377 e. The van der Waals surface area contributed by atoms with E-state index >= 15 is 0 Å². The standard InChI is InChI=1S/C15H16N2S/c1-11-6-7-12(10-16-11)17-14-8-9-18-15-5-3-2-4-13(14)15/h2-7,10,14,17H,8-9H2,1H3. The Kier molecular flexibility index (Phi) is 3.24. The maximum Gasteiger partial charge on any atom is 0.0533 e. The van der Waals surface area contributed by atoms with Gasteiger partial charge >= 0.3 is 0 Å². The molecule has 1 atom stereocenters. The quantitative estimate of drug-likeness (QED) is 0.877. The van der Waals surface area contributed by atoms with Gasteiger partial charge in [0.1, 0.15) is 0 Å². The summed E-state index contributed by atoms with van der Waals surface area (Å²) in [5, 5.41) is 3.59. The molecule has 1 unspecified atom stereocenters. The SMILES string of the molecule is Cc1ccc(NC2CCSc3ccccc32)cn1. The van der Waals surface area contributed by atoms with Crippen molar-refractivity contribution in [3.05, 3.63) is 53.9 Å². The van der Waals surface area contributed by atoms with Gasteiger partial charge < -0.3 is 5.32 Å². The van der Waals surface area contributed by atoms with Crippen molar-refractivity contribution >= 4 is 17.4 Å².